The highest BCUT2D eigenvalue weighted by Gasteiger charge is 2.09. The van der Waals surface area contributed by atoms with Crippen molar-refractivity contribution >= 4 is 5.97 Å². The van der Waals surface area contributed by atoms with E-state index in [9.17, 15) is 14.7 Å². The molecule has 0 fully saturated rings. The lowest BCUT2D eigenvalue weighted by atomic mass is 10.1. The Hall–Kier alpha value is -1.56. The molecule has 0 aliphatic heterocycles. The summed E-state index contributed by atoms with van der Waals surface area (Å²) in [6.07, 6.45) is 3.00. The van der Waals surface area contributed by atoms with Crippen LogP contribution in [0.5, 0.6) is 0 Å². The van der Waals surface area contributed by atoms with Gasteiger partial charge in [-0.15, -0.1) is 0 Å². The maximum atomic E-state index is 11.0. The van der Waals surface area contributed by atoms with Crippen molar-refractivity contribution in [3.8, 4) is 0 Å². The number of H-pyrrole nitrogens is 2. The number of nitrogens with one attached hydrogen (secondary N) is 2. The zero-order chi connectivity index (χ0) is 12.7. The topological polar surface area (TPSA) is 95.2 Å². The Morgan fingerprint density at radius 3 is 2.88 bits per heavy atom. The van der Waals surface area contributed by atoms with Crippen LogP contribution in [-0.4, -0.2) is 27.7 Å². The minimum atomic E-state index is -0.698. The maximum absolute atomic E-state index is 11.0. The van der Waals surface area contributed by atoms with Crippen LogP contribution in [-0.2, 0) is 9.53 Å². The second-order valence-corrected chi connectivity index (χ2v) is 3.76. The van der Waals surface area contributed by atoms with Gasteiger partial charge in [0.1, 0.15) is 0 Å². The first-order valence-corrected chi connectivity index (χ1v) is 5.74. The van der Waals surface area contributed by atoms with E-state index in [-0.39, 0.29) is 11.7 Å². The van der Waals surface area contributed by atoms with Crippen molar-refractivity contribution in [1.29, 1.82) is 0 Å². The van der Waals surface area contributed by atoms with Crippen LogP contribution >= 0.6 is 0 Å². The van der Waals surface area contributed by atoms with Crippen LogP contribution < -0.4 is 5.69 Å². The van der Waals surface area contributed by atoms with E-state index in [0.29, 0.717) is 38.0 Å². The van der Waals surface area contributed by atoms with Crippen LogP contribution in [0.25, 0.3) is 0 Å². The van der Waals surface area contributed by atoms with Gasteiger partial charge in [-0.1, -0.05) is 0 Å². The SMILES string of the molecule is CCOC(=O)CCCCC(O)c1c[nH]c(=O)[nH]1. The Morgan fingerprint density at radius 2 is 2.29 bits per heavy atom. The van der Waals surface area contributed by atoms with E-state index in [1.807, 2.05) is 0 Å². The monoisotopic (exact) mass is 242 g/mol. The molecule has 6 heteroatoms. The highest BCUT2D eigenvalue weighted by molar-refractivity contribution is 5.69. The van der Waals surface area contributed by atoms with Gasteiger partial charge in [0, 0.05) is 12.6 Å². The molecule has 1 unspecified atom stereocenters. The number of unbranched alkanes of at least 4 members (excludes halogenated alkanes) is 1. The molecule has 1 rings (SSSR count). The second-order valence-electron chi connectivity index (χ2n) is 3.76. The fourth-order valence-corrected chi connectivity index (χ4v) is 1.52. The van der Waals surface area contributed by atoms with Crippen molar-refractivity contribution in [2.75, 3.05) is 6.61 Å². The van der Waals surface area contributed by atoms with Gasteiger partial charge in [0.2, 0.25) is 0 Å². The number of hydrogen-bond donors (Lipinski definition) is 3. The van der Waals surface area contributed by atoms with Crippen LogP contribution in [0.1, 0.15) is 44.4 Å². The lowest BCUT2D eigenvalue weighted by Gasteiger charge is -2.07. The molecule has 0 radical (unpaired) electrons. The average Bonchev–Trinajstić information content (AvgIpc) is 2.71. The Bertz CT molecular complexity index is 396. The van der Waals surface area contributed by atoms with Crippen molar-refractivity contribution in [3.63, 3.8) is 0 Å². The predicted octanol–water partition coefficient (Wildman–Crippen LogP) is 0.860. The molecule has 1 atom stereocenters. The molecule has 0 bridgehead atoms. The van der Waals surface area contributed by atoms with E-state index in [0.717, 1.165) is 0 Å². The number of aromatic nitrogens is 2. The summed E-state index contributed by atoms with van der Waals surface area (Å²) in [5.74, 6) is -0.211. The molecule has 96 valence electrons. The Kier molecular flexibility index (Phi) is 5.48. The van der Waals surface area contributed by atoms with E-state index < -0.39 is 6.10 Å². The molecule has 3 N–H and O–H groups in total. The van der Waals surface area contributed by atoms with Crippen LogP contribution in [0.2, 0.25) is 0 Å². The van der Waals surface area contributed by atoms with Gasteiger partial charge in [0.25, 0.3) is 0 Å². The maximum Gasteiger partial charge on any atom is 0.323 e. The Morgan fingerprint density at radius 1 is 1.53 bits per heavy atom. The quantitative estimate of drug-likeness (QED) is 0.488. The Balaban J connectivity index is 2.18. The molecule has 0 saturated carbocycles. The van der Waals surface area contributed by atoms with E-state index in [4.69, 9.17) is 4.74 Å². The summed E-state index contributed by atoms with van der Waals surface area (Å²) >= 11 is 0. The summed E-state index contributed by atoms with van der Waals surface area (Å²) in [4.78, 5) is 26.7. The lowest BCUT2D eigenvalue weighted by molar-refractivity contribution is -0.143. The number of carbonyl (C=O) groups excluding carboxylic acids is 1. The van der Waals surface area contributed by atoms with Crippen LogP contribution in [0.3, 0.4) is 0 Å². The number of esters is 1. The van der Waals surface area contributed by atoms with Gasteiger partial charge in [0.05, 0.1) is 18.4 Å². The predicted molar refractivity (Wildman–Crippen MR) is 61.5 cm³/mol. The summed E-state index contributed by atoms with van der Waals surface area (Å²) in [6.45, 7) is 2.16. The van der Waals surface area contributed by atoms with Gasteiger partial charge >= 0.3 is 11.7 Å². The van der Waals surface area contributed by atoms with Gasteiger partial charge in [-0.3, -0.25) is 4.79 Å². The molecule has 1 aromatic heterocycles. The van der Waals surface area contributed by atoms with Crippen molar-refractivity contribution in [2.45, 2.75) is 38.7 Å². The van der Waals surface area contributed by atoms with Crippen molar-refractivity contribution in [2.24, 2.45) is 0 Å². The molecular weight excluding hydrogens is 224 g/mol. The summed E-state index contributed by atoms with van der Waals surface area (Å²) in [7, 11) is 0. The molecule has 0 spiro atoms. The number of carbonyl (C=O) groups is 1. The van der Waals surface area contributed by atoms with E-state index in [2.05, 4.69) is 9.97 Å². The summed E-state index contributed by atoms with van der Waals surface area (Å²) in [5.41, 5.74) is 0.150. The molecule has 6 nitrogen and oxygen atoms in total. The van der Waals surface area contributed by atoms with E-state index >= 15 is 0 Å². The smallest absolute Gasteiger partial charge is 0.323 e. The zero-order valence-corrected chi connectivity index (χ0v) is 9.86. The first-order valence-electron chi connectivity index (χ1n) is 5.74. The normalized spacial score (nSPS) is 12.4. The third-order valence-electron chi connectivity index (χ3n) is 2.39. The third-order valence-corrected chi connectivity index (χ3v) is 2.39. The van der Waals surface area contributed by atoms with Gasteiger partial charge in [-0.2, -0.15) is 0 Å². The van der Waals surface area contributed by atoms with Gasteiger partial charge in [-0.25, -0.2) is 4.79 Å². The standard InChI is InChI=1S/C11H18N2O4/c1-2-17-10(15)6-4-3-5-9(14)8-7-12-11(16)13-8/h7,9,14H,2-6H2,1H3,(H2,12,13,16). The van der Waals surface area contributed by atoms with Crippen molar-refractivity contribution < 1.29 is 14.6 Å². The molecule has 1 aromatic rings. The molecule has 1 heterocycles. The van der Waals surface area contributed by atoms with E-state index in [1.54, 1.807) is 6.92 Å². The number of aromatic amines is 2. The molecule has 0 aliphatic rings. The van der Waals surface area contributed by atoms with Crippen LogP contribution in [0.15, 0.2) is 11.0 Å². The van der Waals surface area contributed by atoms with E-state index in [1.165, 1.54) is 6.20 Å². The third kappa shape index (κ3) is 4.86. The number of aliphatic hydroxyl groups is 1. The molecule has 0 saturated heterocycles. The van der Waals surface area contributed by atoms with Crippen LogP contribution in [0, 0.1) is 0 Å². The van der Waals surface area contributed by atoms with Crippen LogP contribution in [0.4, 0.5) is 0 Å². The first-order chi connectivity index (χ1) is 8.13. The zero-order valence-electron chi connectivity index (χ0n) is 9.86. The molecule has 0 aromatic carbocycles. The highest BCUT2D eigenvalue weighted by Crippen LogP contribution is 2.16. The number of imidazole rings is 1. The number of aliphatic hydroxyl groups excluding tert-OH is 1. The largest absolute Gasteiger partial charge is 0.466 e. The average molecular weight is 242 g/mol. The Labute approximate surface area is 99.0 Å². The minimum absolute atomic E-state index is 0.211. The van der Waals surface area contributed by atoms with Gasteiger partial charge in [0.15, 0.2) is 0 Å². The fraction of sp³-hybridized carbons (Fsp3) is 0.636. The molecule has 0 aliphatic carbocycles. The second kappa shape index (κ2) is 6.90. The summed E-state index contributed by atoms with van der Waals surface area (Å²) in [6, 6.07) is 0. The lowest BCUT2D eigenvalue weighted by Crippen LogP contribution is -2.05. The highest BCUT2D eigenvalue weighted by atomic mass is 16.5. The number of rotatable bonds is 7. The molecule has 17 heavy (non-hydrogen) atoms. The first kappa shape index (κ1) is 13.5. The minimum Gasteiger partial charge on any atom is -0.466 e. The number of ether oxygens (including phenoxy) is 1. The van der Waals surface area contributed by atoms with Gasteiger partial charge < -0.3 is 19.8 Å². The fourth-order valence-electron chi connectivity index (χ4n) is 1.52. The number of hydrogen-bond acceptors (Lipinski definition) is 4. The molecular formula is C11H18N2O4. The van der Waals surface area contributed by atoms with Gasteiger partial charge in [-0.05, 0) is 26.2 Å². The summed E-state index contributed by atoms with van der Waals surface area (Å²) < 4.78 is 4.78. The van der Waals surface area contributed by atoms with Crippen molar-refractivity contribution in [1.82, 2.24) is 9.97 Å². The van der Waals surface area contributed by atoms with Crippen molar-refractivity contribution in [3.05, 3.63) is 22.4 Å². The molecule has 0 amide bonds. The summed E-state index contributed by atoms with van der Waals surface area (Å²) in [5, 5.41) is 9.70.